The summed E-state index contributed by atoms with van der Waals surface area (Å²) in [5.74, 6) is -3.01. The van der Waals surface area contributed by atoms with Gasteiger partial charge in [0.25, 0.3) is 0 Å². The fourth-order valence-electron chi connectivity index (χ4n) is 2.59. The van der Waals surface area contributed by atoms with Crippen LogP contribution >= 0.6 is 0 Å². The van der Waals surface area contributed by atoms with Crippen molar-refractivity contribution >= 4 is 17.9 Å². The number of rotatable bonds is 17. The molecule has 0 bridgehead atoms. The maximum atomic E-state index is 10.8. The van der Waals surface area contributed by atoms with Crippen molar-refractivity contribution in [3.05, 3.63) is 84.1 Å². The highest BCUT2D eigenvalue weighted by Gasteiger charge is 2.04. The number of carbonyl (C=O) groups is 3. The Hall–Kier alpha value is -3.45. The standard InChI is InChI=1S/C27H36O7/c1-21(17-18-23(19-25(28)29)20-26(30)31)13-10-8-6-4-5-7-9-11-15-24(34-3)16-12-14-22(2)27(32)33/h5,7-12,14,16-19,21,24H,4,6,13,15,20H2,1-3H3,(H,28,29)(H,30,31)(H,32,33)/b7-5+,10-8+,11-9-,16-12-,18-17+,22-14+,23-19+/t21-,24+/m0/s1. The van der Waals surface area contributed by atoms with Crippen LogP contribution in [-0.4, -0.2) is 46.4 Å². The van der Waals surface area contributed by atoms with Gasteiger partial charge in [-0.15, -0.1) is 0 Å². The number of methoxy groups -OCH3 is 1. The van der Waals surface area contributed by atoms with Crippen LogP contribution in [0.3, 0.4) is 0 Å². The molecular weight excluding hydrogens is 436 g/mol. The molecule has 7 nitrogen and oxygen atoms in total. The van der Waals surface area contributed by atoms with Gasteiger partial charge in [0.05, 0.1) is 12.5 Å². The van der Waals surface area contributed by atoms with Crippen molar-refractivity contribution in [2.45, 2.75) is 52.1 Å². The fraction of sp³-hybridized carbons (Fsp3) is 0.370. The smallest absolute Gasteiger partial charge is 0.331 e. The van der Waals surface area contributed by atoms with Crippen LogP contribution in [0.2, 0.25) is 0 Å². The second-order valence-electron chi connectivity index (χ2n) is 7.65. The number of hydrogen-bond acceptors (Lipinski definition) is 4. The van der Waals surface area contributed by atoms with E-state index >= 15 is 0 Å². The first kappa shape index (κ1) is 30.6. The van der Waals surface area contributed by atoms with Crippen molar-refractivity contribution in [2.24, 2.45) is 5.92 Å². The minimum atomic E-state index is -1.16. The number of carboxylic acids is 3. The lowest BCUT2D eigenvalue weighted by Gasteiger charge is -2.06. The predicted octanol–water partition coefficient (Wildman–Crippen LogP) is 5.50. The van der Waals surface area contributed by atoms with Crippen LogP contribution in [-0.2, 0) is 19.1 Å². The number of ether oxygens (including phenoxy) is 1. The van der Waals surface area contributed by atoms with Crippen molar-refractivity contribution in [2.75, 3.05) is 7.11 Å². The lowest BCUT2D eigenvalue weighted by atomic mass is 10.0. The third kappa shape index (κ3) is 18.2. The highest BCUT2D eigenvalue weighted by Crippen LogP contribution is 2.11. The summed E-state index contributed by atoms with van der Waals surface area (Å²) in [6.45, 7) is 3.52. The first-order valence-corrected chi connectivity index (χ1v) is 11.1. The molecule has 0 unspecified atom stereocenters. The fourth-order valence-corrected chi connectivity index (χ4v) is 2.59. The summed E-state index contributed by atoms with van der Waals surface area (Å²) in [6, 6.07) is 0. The van der Waals surface area contributed by atoms with E-state index in [2.05, 4.69) is 18.2 Å². The maximum Gasteiger partial charge on any atom is 0.331 e. The summed E-state index contributed by atoms with van der Waals surface area (Å²) < 4.78 is 5.34. The van der Waals surface area contributed by atoms with Crippen molar-refractivity contribution in [3.63, 3.8) is 0 Å². The summed E-state index contributed by atoms with van der Waals surface area (Å²) in [7, 11) is 1.61. The summed E-state index contributed by atoms with van der Waals surface area (Å²) in [5, 5.41) is 26.5. The molecule has 0 spiro atoms. The first-order chi connectivity index (χ1) is 16.1. The second-order valence-corrected chi connectivity index (χ2v) is 7.65. The van der Waals surface area contributed by atoms with Gasteiger partial charge in [-0.3, -0.25) is 4.79 Å². The van der Waals surface area contributed by atoms with Gasteiger partial charge in [0.15, 0.2) is 0 Å². The Morgan fingerprint density at radius 3 is 2.18 bits per heavy atom. The van der Waals surface area contributed by atoms with Gasteiger partial charge in [-0.1, -0.05) is 73.8 Å². The Morgan fingerprint density at radius 2 is 1.56 bits per heavy atom. The van der Waals surface area contributed by atoms with Crippen LogP contribution in [0.15, 0.2) is 84.1 Å². The number of unbranched alkanes of at least 4 members (excludes halogenated alkanes) is 1. The van der Waals surface area contributed by atoms with Crippen LogP contribution in [0.1, 0.15) is 46.0 Å². The average molecular weight is 473 g/mol. The summed E-state index contributed by atoms with van der Waals surface area (Å²) in [5.41, 5.74) is 0.523. The van der Waals surface area contributed by atoms with E-state index in [1.54, 1.807) is 19.3 Å². The molecule has 0 radical (unpaired) electrons. The minimum absolute atomic E-state index is 0.124. The molecule has 2 atom stereocenters. The molecule has 0 saturated carbocycles. The predicted molar refractivity (Wildman–Crippen MR) is 133 cm³/mol. The Morgan fingerprint density at radius 1 is 0.882 bits per heavy atom. The zero-order valence-corrected chi connectivity index (χ0v) is 20.1. The maximum absolute atomic E-state index is 10.8. The van der Waals surface area contributed by atoms with E-state index in [4.69, 9.17) is 20.1 Å². The summed E-state index contributed by atoms with van der Waals surface area (Å²) >= 11 is 0. The second kappa shape index (κ2) is 19.1. The third-order valence-electron chi connectivity index (χ3n) is 4.54. The van der Waals surface area contributed by atoms with Gasteiger partial charge in [-0.25, -0.2) is 9.59 Å². The van der Waals surface area contributed by atoms with E-state index < -0.39 is 17.9 Å². The molecule has 0 aliphatic heterocycles. The van der Waals surface area contributed by atoms with E-state index in [-0.39, 0.29) is 29.6 Å². The minimum Gasteiger partial charge on any atom is -0.481 e. The van der Waals surface area contributed by atoms with Gasteiger partial charge in [0, 0.05) is 18.8 Å². The van der Waals surface area contributed by atoms with E-state index in [0.717, 1.165) is 25.3 Å². The molecule has 0 saturated heterocycles. The number of hydrogen-bond donors (Lipinski definition) is 3. The van der Waals surface area contributed by atoms with Gasteiger partial charge < -0.3 is 20.1 Å². The Labute approximate surface area is 201 Å². The number of allylic oxidation sites excluding steroid dienone is 9. The highest BCUT2D eigenvalue weighted by atomic mass is 16.5. The number of aliphatic carboxylic acids is 3. The third-order valence-corrected chi connectivity index (χ3v) is 4.54. The topological polar surface area (TPSA) is 121 Å². The van der Waals surface area contributed by atoms with Gasteiger partial charge in [-0.2, -0.15) is 0 Å². The quantitative estimate of drug-likeness (QED) is 0.111. The van der Waals surface area contributed by atoms with Gasteiger partial charge in [0.1, 0.15) is 0 Å². The van der Waals surface area contributed by atoms with Gasteiger partial charge in [-0.05, 0) is 44.1 Å². The van der Waals surface area contributed by atoms with Crippen molar-refractivity contribution < 1.29 is 34.4 Å². The molecule has 0 aromatic rings. The van der Waals surface area contributed by atoms with Gasteiger partial charge in [0.2, 0.25) is 0 Å². The molecule has 3 N–H and O–H groups in total. The Kier molecular flexibility index (Phi) is 17.1. The zero-order valence-electron chi connectivity index (χ0n) is 20.1. The summed E-state index contributed by atoms with van der Waals surface area (Å²) in [6.07, 6.45) is 24.3. The van der Waals surface area contributed by atoms with Gasteiger partial charge >= 0.3 is 17.9 Å². The molecule has 0 amide bonds. The van der Waals surface area contributed by atoms with E-state index in [1.807, 2.05) is 37.3 Å². The molecule has 0 aromatic heterocycles. The van der Waals surface area contributed by atoms with E-state index in [1.165, 1.54) is 13.0 Å². The molecule has 0 fully saturated rings. The normalized spacial score (nSPS) is 15.3. The van der Waals surface area contributed by atoms with Crippen LogP contribution in [0.25, 0.3) is 0 Å². The molecule has 0 heterocycles. The molecule has 34 heavy (non-hydrogen) atoms. The lowest BCUT2D eigenvalue weighted by Crippen LogP contribution is -2.04. The largest absolute Gasteiger partial charge is 0.481 e. The van der Waals surface area contributed by atoms with Crippen molar-refractivity contribution in [3.8, 4) is 0 Å². The van der Waals surface area contributed by atoms with Crippen LogP contribution < -0.4 is 0 Å². The number of carboxylic acid groups (broad SMARTS) is 3. The van der Waals surface area contributed by atoms with E-state index in [9.17, 15) is 14.4 Å². The van der Waals surface area contributed by atoms with E-state index in [0.29, 0.717) is 6.42 Å². The SMILES string of the molecule is CO[C@@H](/C=C\C=C(/C)C(=O)O)C/C=C\C=C\CC/C=C/C[C@H](C)/C=C/C(=C\C(=O)O)CC(=O)O. The molecule has 0 aromatic carbocycles. The summed E-state index contributed by atoms with van der Waals surface area (Å²) in [4.78, 5) is 32.3. The molecular formula is C27H36O7. The molecule has 0 rings (SSSR count). The molecule has 0 aliphatic carbocycles. The molecule has 186 valence electrons. The van der Waals surface area contributed by atoms with Crippen LogP contribution in [0.5, 0.6) is 0 Å². The lowest BCUT2D eigenvalue weighted by molar-refractivity contribution is -0.136. The molecule has 0 aliphatic rings. The monoisotopic (exact) mass is 472 g/mol. The highest BCUT2D eigenvalue weighted by molar-refractivity contribution is 5.86. The Bertz CT molecular complexity index is 854. The molecule has 7 heteroatoms. The Balaban J connectivity index is 4.29. The zero-order chi connectivity index (χ0) is 25.8. The van der Waals surface area contributed by atoms with Crippen molar-refractivity contribution in [1.82, 2.24) is 0 Å². The average Bonchev–Trinajstić information content (AvgIpc) is 2.76. The first-order valence-electron chi connectivity index (χ1n) is 11.1. The van der Waals surface area contributed by atoms with Crippen LogP contribution in [0.4, 0.5) is 0 Å². The van der Waals surface area contributed by atoms with Crippen LogP contribution in [0, 0.1) is 5.92 Å². The van der Waals surface area contributed by atoms with Crippen molar-refractivity contribution in [1.29, 1.82) is 0 Å².